The topological polar surface area (TPSA) is 107 Å². The monoisotopic (exact) mass is 422 g/mol. The average molecular weight is 422 g/mol. The fourth-order valence-electron chi connectivity index (χ4n) is 2.18. The minimum absolute atomic E-state index is 0.111. The molecule has 0 aliphatic heterocycles. The van der Waals surface area contributed by atoms with Crippen molar-refractivity contribution in [2.45, 2.75) is 32.5 Å². The number of alkyl halides is 3. The number of non-ortho nitro benzene ring substituents is 1. The summed E-state index contributed by atoms with van der Waals surface area (Å²) in [5.41, 5.74) is -0.274. The van der Waals surface area contributed by atoms with Crippen LogP contribution in [0.1, 0.15) is 32.2 Å². The third-order valence-electron chi connectivity index (χ3n) is 3.37. The van der Waals surface area contributed by atoms with E-state index >= 15 is 0 Å². The van der Waals surface area contributed by atoms with Crippen molar-refractivity contribution in [3.05, 3.63) is 52.1 Å². The van der Waals surface area contributed by atoms with Crippen LogP contribution in [-0.2, 0) is 10.9 Å². The number of hydrogen-bond donors (Lipinski definition) is 1. The van der Waals surface area contributed by atoms with E-state index in [9.17, 15) is 28.1 Å². The molecule has 1 amide bonds. The summed E-state index contributed by atoms with van der Waals surface area (Å²) < 4.78 is 43.0. The molecule has 0 bridgehead atoms. The molecule has 2 aromatic rings. The van der Waals surface area contributed by atoms with Gasteiger partial charge in [-0.15, -0.1) is 0 Å². The van der Waals surface area contributed by atoms with Gasteiger partial charge in [-0.05, 0) is 26.8 Å². The fraction of sp³-hybridized carbons (Fsp3) is 0.316. The lowest BCUT2D eigenvalue weighted by atomic mass is 10.0. The van der Waals surface area contributed by atoms with Gasteiger partial charge >= 0.3 is 12.3 Å². The molecular formula is C19H17F3N4O4. The molecule has 2 rings (SSSR count). The Bertz CT molecular complexity index is 1000. The number of ether oxygens (including phenoxy) is 1. The van der Waals surface area contributed by atoms with Crippen molar-refractivity contribution < 1.29 is 27.6 Å². The highest BCUT2D eigenvalue weighted by Crippen LogP contribution is 2.29. The number of nitro groups is 1. The number of carbonyl (C=O) groups excluding carboxylic acids is 1. The Balaban J connectivity index is 2.29. The van der Waals surface area contributed by atoms with E-state index in [1.807, 2.05) is 0 Å². The molecule has 0 saturated carbocycles. The van der Waals surface area contributed by atoms with Crippen molar-refractivity contribution in [2.75, 3.05) is 6.54 Å². The Morgan fingerprint density at radius 2 is 1.87 bits per heavy atom. The highest BCUT2D eigenvalue weighted by molar-refractivity contribution is 5.72. The number of benzene rings is 1. The molecular weight excluding hydrogens is 405 g/mol. The van der Waals surface area contributed by atoms with Crippen molar-refractivity contribution >= 4 is 11.8 Å². The SMILES string of the molecule is CC(C)(C)OC(=O)NCC#Cc1cc([N+](=O)[O-])ccc1-c1cnc(C(F)(F)F)nc1. The Morgan fingerprint density at radius 1 is 1.23 bits per heavy atom. The molecule has 0 spiro atoms. The van der Waals surface area contributed by atoms with E-state index in [-0.39, 0.29) is 23.4 Å². The first-order chi connectivity index (χ1) is 13.9. The minimum atomic E-state index is -4.69. The number of alkyl carbamates (subject to hydrolysis) is 1. The molecule has 0 unspecified atom stereocenters. The van der Waals surface area contributed by atoms with E-state index in [2.05, 4.69) is 27.1 Å². The third kappa shape index (κ3) is 6.44. The first-order valence-electron chi connectivity index (χ1n) is 8.50. The summed E-state index contributed by atoms with van der Waals surface area (Å²) in [6.45, 7) is 4.97. The van der Waals surface area contributed by atoms with Gasteiger partial charge in [-0.2, -0.15) is 13.2 Å². The molecule has 0 aliphatic carbocycles. The predicted octanol–water partition coefficient (Wildman–Crippen LogP) is 3.95. The van der Waals surface area contributed by atoms with Gasteiger partial charge in [-0.25, -0.2) is 14.8 Å². The second-order valence-corrected chi connectivity index (χ2v) is 6.94. The second-order valence-electron chi connectivity index (χ2n) is 6.94. The van der Waals surface area contributed by atoms with Gasteiger partial charge in [0.05, 0.1) is 11.5 Å². The van der Waals surface area contributed by atoms with Crippen LogP contribution in [0.3, 0.4) is 0 Å². The molecule has 1 heterocycles. The number of nitrogens with one attached hydrogen (secondary N) is 1. The van der Waals surface area contributed by atoms with E-state index in [0.717, 1.165) is 12.4 Å². The lowest BCUT2D eigenvalue weighted by Gasteiger charge is -2.19. The van der Waals surface area contributed by atoms with Crippen molar-refractivity contribution in [1.29, 1.82) is 0 Å². The summed E-state index contributed by atoms with van der Waals surface area (Å²) in [5.74, 6) is 3.99. The van der Waals surface area contributed by atoms with Crippen LogP contribution in [0.4, 0.5) is 23.7 Å². The van der Waals surface area contributed by atoms with Crippen LogP contribution >= 0.6 is 0 Å². The standard InChI is InChI=1S/C19H17F3N4O4/c1-18(2,3)30-17(27)23-8-4-5-12-9-14(26(28)29)6-7-15(12)13-10-24-16(25-11-13)19(20,21)22/h6-7,9-11H,8H2,1-3H3,(H,23,27). The molecule has 0 saturated heterocycles. The third-order valence-corrected chi connectivity index (χ3v) is 3.37. The predicted molar refractivity (Wildman–Crippen MR) is 100 cm³/mol. The van der Waals surface area contributed by atoms with Crippen LogP contribution in [0.25, 0.3) is 11.1 Å². The smallest absolute Gasteiger partial charge is 0.444 e. The summed E-state index contributed by atoms with van der Waals surface area (Å²) in [4.78, 5) is 28.6. The summed E-state index contributed by atoms with van der Waals surface area (Å²) in [6.07, 6.45) is -3.46. The van der Waals surface area contributed by atoms with Crippen LogP contribution < -0.4 is 5.32 Å². The minimum Gasteiger partial charge on any atom is -0.444 e. The molecule has 1 N–H and O–H groups in total. The number of halogens is 3. The van der Waals surface area contributed by atoms with Gasteiger partial charge in [-0.1, -0.05) is 11.8 Å². The lowest BCUT2D eigenvalue weighted by molar-refractivity contribution is -0.384. The quantitative estimate of drug-likeness (QED) is 0.456. The summed E-state index contributed by atoms with van der Waals surface area (Å²) in [6, 6.07) is 3.71. The molecule has 1 aromatic heterocycles. The zero-order valence-electron chi connectivity index (χ0n) is 16.2. The Kier molecular flexibility index (Phi) is 6.61. The molecule has 0 fully saturated rings. The number of aromatic nitrogens is 2. The maximum Gasteiger partial charge on any atom is 0.451 e. The molecule has 158 valence electrons. The largest absolute Gasteiger partial charge is 0.451 e. The van der Waals surface area contributed by atoms with Crippen LogP contribution in [-0.4, -0.2) is 33.1 Å². The van der Waals surface area contributed by atoms with Crippen molar-refractivity contribution in [3.8, 4) is 23.0 Å². The number of rotatable bonds is 3. The van der Waals surface area contributed by atoms with Gasteiger partial charge in [0.2, 0.25) is 5.82 Å². The molecule has 30 heavy (non-hydrogen) atoms. The van der Waals surface area contributed by atoms with E-state index in [1.165, 1.54) is 18.2 Å². The molecule has 1 aromatic carbocycles. The Hall–Kier alpha value is -3.68. The van der Waals surface area contributed by atoms with Gasteiger partial charge in [0.1, 0.15) is 5.60 Å². The zero-order chi connectivity index (χ0) is 22.5. The van der Waals surface area contributed by atoms with Crippen LogP contribution in [0, 0.1) is 22.0 Å². The average Bonchev–Trinajstić information content (AvgIpc) is 2.63. The summed E-state index contributed by atoms with van der Waals surface area (Å²) in [5, 5.41) is 13.5. The lowest BCUT2D eigenvalue weighted by Crippen LogP contribution is -2.32. The van der Waals surface area contributed by atoms with E-state index in [0.29, 0.717) is 5.56 Å². The summed E-state index contributed by atoms with van der Waals surface area (Å²) >= 11 is 0. The van der Waals surface area contributed by atoms with E-state index in [1.54, 1.807) is 20.8 Å². The van der Waals surface area contributed by atoms with Crippen molar-refractivity contribution in [1.82, 2.24) is 15.3 Å². The second kappa shape index (κ2) is 8.77. The number of nitrogens with zero attached hydrogens (tertiary/aromatic N) is 3. The molecule has 11 heteroatoms. The number of amides is 1. The highest BCUT2D eigenvalue weighted by atomic mass is 19.4. The van der Waals surface area contributed by atoms with Gasteiger partial charge in [0.15, 0.2) is 0 Å². The molecule has 8 nitrogen and oxygen atoms in total. The first kappa shape index (κ1) is 22.6. The number of nitro benzene ring substituents is 1. The number of hydrogen-bond acceptors (Lipinski definition) is 6. The maximum atomic E-state index is 12.6. The van der Waals surface area contributed by atoms with Crippen molar-refractivity contribution in [3.63, 3.8) is 0 Å². The Morgan fingerprint density at radius 3 is 2.40 bits per heavy atom. The summed E-state index contributed by atoms with van der Waals surface area (Å²) in [7, 11) is 0. The molecule has 0 atom stereocenters. The van der Waals surface area contributed by atoms with E-state index in [4.69, 9.17) is 4.74 Å². The first-order valence-corrected chi connectivity index (χ1v) is 8.50. The normalized spacial score (nSPS) is 11.3. The van der Waals surface area contributed by atoms with Gasteiger partial charge in [-0.3, -0.25) is 10.1 Å². The fourth-order valence-corrected chi connectivity index (χ4v) is 2.18. The molecule has 0 aliphatic rings. The van der Waals surface area contributed by atoms with Crippen LogP contribution in [0.2, 0.25) is 0 Å². The van der Waals surface area contributed by atoms with Crippen molar-refractivity contribution in [2.24, 2.45) is 0 Å². The zero-order valence-corrected chi connectivity index (χ0v) is 16.2. The molecule has 0 radical (unpaired) electrons. The van der Waals surface area contributed by atoms with E-state index < -0.39 is 28.6 Å². The van der Waals surface area contributed by atoms with Gasteiger partial charge in [0, 0.05) is 41.2 Å². The Labute approximate surface area is 169 Å². The maximum absolute atomic E-state index is 12.6. The van der Waals surface area contributed by atoms with Gasteiger partial charge < -0.3 is 10.1 Å². The van der Waals surface area contributed by atoms with Crippen LogP contribution in [0.5, 0.6) is 0 Å². The highest BCUT2D eigenvalue weighted by Gasteiger charge is 2.34. The van der Waals surface area contributed by atoms with Crippen LogP contribution in [0.15, 0.2) is 30.6 Å². The number of carbonyl (C=O) groups is 1. The van der Waals surface area contributed by atoms with Gasteiger partial charge in [0.25, 0.3) is 5.69 Å².